The Morgan fingerprint density at radius 2 is 2.11 bits per heavy atom. The second-order valence-corrected chi connectivity index (χ2v) is 5.03. The van der Waals surface area contributed by atoms with Gasteiger partial charge in [-0.25, -0.2) is 9.97 Å². The molecule has 2 aromatic rings. The van der Waals surface area contributed by atoms with E-state index in [0.717, 1.165) is 16.8 Å². The van der Waals surface area contributed by atoms with E-state index in [9.17, 15) is 0 Å². The Morgan fingerprint density at radius 1 is 1.33 bits per heavy atom. The van der Waals surface area contributed by atoms with Gasteiger partial charge in [0.25, 0.3) is 0 Å². The third-order valence-corrected chi connectivity index (χ3v) is 3.42. The smallest absolute Gasteiger partial charge is 0.148 e. The summed E-state index contributed by atoms with van der Waals surface area (Å²) in [4.78, 5) is 10.2. The lowest BCUT2D eigenvalue weighted by Gasteiger charge is -2.20. The van der Waals surface area contributed by atoms with Crippen molar-refractivity contribution in [2.75, 3.05) is 17.7 Å². The predicted octanol–water partition coefficient (Wildman–Crippen LogP) is 2.77. The minimum Gasteiger partial charge on any atom is -0.383 e. The highest BCUT2D eigenvalue weighted by molar-refractivity contribution is 9.10. The van der Waals surface area contributed by atoms with Crippen molar-refractivity contribution in [3.63, 3.8) is 0 Å². The van der Waals surface area contributed by atoms with Crippen LogP contribution in [-0.2, 0) is 6.54 Å². The van der Waals surface area contributed by atoms with Gasteiger partial charge in [-0.3, -0.25) is 0 Å². The molecule has 0 saturated heterocycles. The van der Waals surface area contributed by atoms with Crippen LogP contribution in [0.25, 0.3) is 0 Å². The number of hydrogen-bond donors (Lipinski definition) is 1. The maximum atomic E-state index is 5.75. The van der Waals surface area contributed by atoms with E-state index in [1.165, 1.54) is 17.5 Å². The van der Waals surface area contributed by atoms with Gasteiger partial charge in [-0.2, -0.15) is 0 Å². The van der Waals surface area contributed by atoms with Gasteiger partial charge in [-0.05, 0) is 28.4 Å². The molecule has 0 aliphatic heterocycles. The van der Waals surface area contributed by atoms with Crippen molar-refractivity contribution in [2.45, 2.75) is 13.5 Å². The molecule has 0 spiro atoms. The first-order chi connectivity index (χ1) is 8.58. The van der Waals surface area contributed by atoms with Crippen molar-refractivity contribution in [1.82, 2.24) is 9.97 Å². The molecular weight excluding hydrogens is 292 g/mol. The number of hydrogen-bond acceptors (Lipinski definition) is 4. The van der Waals surface area contributed by atoms with Gasteiger partial charge < -0.3 is 10.6 Å². The summed E-state index contributed by atoms with van der Waals surface area (Å²) in [7, 11) is 1.98. The van der Waals surface area contributed by atoms with E-state index in [1.807, 2.05) is 11.9 Å². The van der Waals surface area contributed by atoms with Crippen LogP contribution < -0.4 is 10.6 Å². The monoisotopic (exact) mass is 306 g/mol. The van der Waals surface area contributed by atoms with Crippen molar-refractivity contribution < 1.29 is 0 Å². The second-order valence-electron chi connectivity index (χ2n) is 4.24. The summed E-state index contributed by atoms with van der Waals surface area (Å²) in [5, 5.41) is 0. The Bertz CT molecular complexity index is 556. The van der Waals surface area contributed by atoms with Crippen LogP contribution in [0.1, 0.15) is 11.1 Å². The van der Waals surface area contributed by atoms with Gasteiger partial charge >= 0.3 is 0 Å². The topological polar surface area (TPSA) is 55.0 Å². The van der Waals surface area contributed by atoms with Crippen LogP contribution in [0, 0.1) is 6.92 Å². The maximum absolute atomic E-state index is 5.75. The van der Waals surface area contributed by atoms with Crippen LogP contribution in [-0.4, -0.2) is 17.0 Å². The molecular formula is C13H15BrN4. The average Bonchev–Trinajstić information content (AvgIpc) is 2.32. The Labute approximate surface area is 115 Å². The number of aryl methyl sites for hydroxylation is 1. The van der Waals surface area contributed by atoms with Crippen LogP contribution in [0.5, 0.6) is 0 Å². The first kappa shape index (κ1) is 12.8. The van der Waals surface area contributed by atoms with Crippen LogP contribution >= 0.6 is 15.9 Å². The minimum absolute atomic E-state index is 0.455. The van der Waals surface area contributed by atoms with E-state index in [0.29, 0.717) is 5.82 Å². The van der Waals surface area contributed by atoms with Crippen molar-refractivity contribution in [3.05, 3.63) is 46.2 Å². The normalized spacial score (nSPS) is 10.4. The number of nitrogens with two attached hydrogens (primary N) is 1. The molecule has 1 aromatic heterocycles. The lowest BCUT2D eigenvalue weighted by molar-refractivity contribution is 0.886. The van der Waals surface area contributed by atoms with E-state index >= 15 is 0 Å². The molecule has 5 heteroatoms. The Balaban J connectivity index is 2.22. The van der Waals surface area contributed by atoms with Crippen LogP contribution in [0.2, 0.25) is 0 Å². The molecule has 0 amide bonds. The molecule has 4 nitrogen and oxygen atoms in total. The van der Waals surface area contributed by atoms with Gasteiger partial charge in [-0.1, -0.05) is 29.8 Å². The molecule has 0 aliphatic carbocycles. The highest BCUT2D eigenvalue weighted by Gasteiger charge is 2.11. The van der Waals surface area contributed by atoms with E-state index < -0.39 is 0 Å². The van der Waals surface area contributed by atoms with Gasteiger partial charge in [0, 0.05) is 13.6 Å². The summed E-state index contributed by atoms with van der Waals surface area (Å²) >= 11 is 3.42. The molecule has 1 aromatic carbocycles. The summed E-state index contributed by atoms with van der Waals surface area (Å²) in [5.41, 5.74) is 8.24. The summed E-state index contributed by atoms with van der Waals surface area (Å²) < 4.78 is 0.736. The number of nitrogens with zero attached hydrogens (tertiary/aromatic N) is 3. The van der Waals surface area contributed by atoms with Crippen molar-refractivity contribution >= 4 is 27.6 Å². The van der Waals surface area contributed by atoms with E-state index in [1.54, 1.807) is 0 Å². The first-order valence-electron chi connectivity index (χ1n) is 5.60. The standard InChI is InChI=1S/C13H15BrN4/c1-9-4-3-5-10(6-9)7-18(2)13-11(14)12(15)16-8-17-13/h3-6,8H,7H2,1-2H3,(H2,15,16,17). The molecule has 0 fully saturated rings. The van der Waals surface area contributed by atoms with Crippen LogP contribution in [0.3, 0.4) is 0 Å². The van der Waals surface area contributed by atoms with Crippen molar-refractivity contribution in [3.8, 4) is 0 Å². The number of anilines is 2. The number of halogens is 1. The fourth-order valence-corrected chi connectivity index (χ4v) is 2.31. The lowest BCUT2D eigenvalue weighted by Crippen LogP contribution is -2.19. The van der Waals surface area contributed by atoms with Crippen LogP contribution in [0.4, 0.5) is 11.6 Å². The number of rotatable bonds is 3. The predicted molar refractivity (Wildman–Crippen MR) is 77.4 cm³/mol. The molecule has 2 rings (SSSR count). The third-order valence-electron chi connectivity index (χ3n) is 2.66. The van der Waals surface area contributed by atoms with E-state index in [4.69, 9.17) is 5.73 Å². The third kappa shape index (κ3) is 2.79. The van der Waals surface area contributed by atoms with Gasteiger partial charge in [0.1, 0.15) is 22.4 Å². The average molecular weight is 307 g/mol. The Morgan fingerprint density at radius 3 is 2.83 bits per heavy atom. The number of benzene rings is 1. The number of aromatic nitrogens is 2. The molecule has 0 atom stereocenters. The van der Waals surface area contributed by atoms with E-state index in [-0.39, 0.29) is 0 Å². The minimum atomic E-state index is 0.455. The second kappa shape index (κ2) is 5.35. The molecule has 2 N–H and O–H groups in total. The van der Waals surface area contributed by atoms with Gasteiger partial charge in [-0.15, -0.1) is 0 Å². The zero-order chi connectivity index (χ0) is 13.1. The molecule has 0 unspecified atom stereocenters. The quantitative estimate of drug-likeness (QED) is 0.947. The van der Waals surface area contributed by atoms with Crippen molar-refractivity contribution in [2.24, 2.45) is 0 Å². The first-order valence-corrected chi connectivity index (χ1v) is 6.40. The summed E-state index contributed by atoms with van der Waals surface area (Å²) in [6, 6.07) is 8.40. The Kier molecular flexibility index (Phi) is 3.81. The highest BCUT2D eigenvalue weighted by Crippen LogP contribution is 2.27. The molecule has 0 aliphatic rings. The summed E-state index contributed by atoms with van der Waals surface area (Å²) in [6.45, 7) is 2.86. The molecule has 94 valence electrons. The molecule has 18 heavy (non-hydrogen) atoms. The maximum Gasteiger partial charge on any atom is 0.148 e. The molecule has 0 saturated carbocycles. The summed E-state index contributed by atoms with van der Waals surface area (Å²) in [5.74, 6) is 1.25. The van der Waals surface area contributed by atoms with Gasteiger partial charge in [0.05, 0.1) is 0 Å². The Hall–Kier alpha value is -1.62. The lowest BCUT2D eigenvalue weighted by atomic mass is 10.1. The largest absolute Gasteiger partial charge is 0.383 e. The van der Waals surface area contributed by atoms with Crippen LogP contribution in [0.15, 0.2) is 35.1 Å². The fourth-order valence-electron chi connectivity index (χ4n) is 1.80. The summed E-state index contributed by atoms with van der Waals surface area (Å²) in [6.07, 6.45) is 1.47. The van der Waals surface area contributed by atoms with Gasteiger partial charge in [0.15, 0.2) is 0 Å². The molecule has 0 radical (unpaired) electrons. The zero-order valence-electron chi connectivity index (χ0n) is 10.4. The number of nitrogen functional groups attached to an aromatic ring is 1. The highest BCUT2D eigenvalue weighted by atomic mass is 79.9. The van der Waals surface area contributed by atoms with Gasteiger partial charge in [0.2, 0.25) is 0 Å². The van der Waals surface area contributed by atoms with E-state index in [2.05, 4.69) is 57.1 Å². The molecule has 1 heterocycles. The molecule has 0 bridgehead atoms. The SMILES string of the molecule is Cc1cccc(CN(C)c2ncnc(N)c2Br)c1. The zero-order valence-corrected chi connectivity index (χ0v) is 12.0. The fraction of sp³-hybridized carbons (Fsp3) is 0.231. The van der Waals surface area contributed by atoms with Crippen molar-refractivity contribution in [1.29, 1.82) is 0 Å².